The largest absolute Gasteiger partial charge is 0.493 e. The van der Waals surface area contributed by atoms with Crippen molar-refractivity contribution < 1.29 is 19.1 Å². The average molecular weight is 445 g/mol. The second kappa shape index (κ2) is 9.70. The maximum absolute atomic E-state index is 12.8. The lowest BCUT2D eigenvalue weighted by molar-refractivity contribution is -0.130. The fourth-order valence-corrected chi connectivity index (χ4v) is 3.33. The highest BCUT2D eigenvalue weighted by atomic mass is 35.5. The Balaban J connectivity index is 1.69. The van der Waals surface area contributed by atoms with Crippen molar-refractivity contribution in [1.29, 1.82) is 0 Å². The highest BCUT2D eigenvalue weighted by Gasteiger charge is 2.23. The minimum Gasteiger partial charge on any atom is -0.493 e. The summed E-state index contributed by atoms with van der Waals surface area (Å²) in [6.07, 6.45) is 0.750. The van der Waals surface area contributed by atoms with Crippen molar-refractivity contribution in [3.05, 3.63) is 52.5 Å². The zero-order valence-electron chi connectivity index (χ0n) is 17.9. The van der Waals surface area contributed by atoms with E-state index < -0.39 is 0 Å². The van der Waals surface area contributed by atoms with Crippen molar-refractivity contribution in [3.8, 4) is 11.5 Å². The van der Waals surface area contributed by atoms with Gasteiger partial charge in [-0.05, 0) is 29.3 Å². The topological polar surface area (TPSA) is 83.5 Å². The van der Waals surface area contributed by atoms with Crippen LogP contribution in [0.15, 0.2) is 41.5 Å². The molecule has 1 N–H and O–H groups in total. The minimum absolute atomic E-state index is 0.103. The number of ether oxygens (including phenoxy) is 2. The molecule has 0 aromatic heterocycles. The normalized spacial score (nSPS) is 12.9. The van der Waals surface area contributed by atoms with Crippen LogP contribution in [0, 0.1) is 0 Å². The molecule has 0 fully saturated rings. The number of carbonyl (C=O) groups excluding carboxylic acids is 2. The van der Waals surface area contributed by atoms with E-state index in [0.29, 0.717) is 40.7 Å². The highest BCUT2D eigenvalue weighted by molar-refractivity contribution is 6.31. The summed E-state index contributed by atoms with van der Waals surface area (Å²) in [6.45, 7) is 0.498. The van der Waals surface area contributed by atoms with Crippen LogP contribution in [0.5, 0.6) is 11.5 Å². The van der Waals surface area contributed by atoms with Gasteiger partial charge in [0.1, 0.15) is 0 Å². The van der Waals surface area contributed by atoms with Crippen LogP contribution in [-0.2, 0) is 11.2 Å². The summed E-state index contributed by atoms with van der Waals surface area (Å²) < 4.78 is 10.5. The first-order valence-corrected chi connectivity index (χ1v) is 10.1. The second-order valence-corrected chi connectivity index (χ2v) is 7.60. The first-order valence-electron chi connectivity index (χ1n) is 9.69. The van der Waals surface area contributed by atoms with Crippen molar-refractivity contribution in [2.24, 2.45) is 5.10 Å². The third-order valence-electron chi connectivity index (χ3n) is 4.86. The summed E-state index contributed by atoms with van der Waals surface area (Å²) in [7, 11) is 6.42. The standard InChI is InChI=1S/C22H25ClN4O4/c1-26(2)22(29)24-16-7-5-14(6-8-16)18-9-10-27(25-18)21(28)12-15-11-19(30-3)20(31-4)13-17(15)23/h5-8,11,13H,9-10,12H2,1-4H3,(H,24,29). The smallest absolute Gasteiger partial charge is 0.321 e. The molecule has 31 heavy (non-hydrogen) atoms. The Morgan fingerprint density at radius 1 is 1.13 bits per heavy atom. The van der Waals surface area contributed by atoms with E-state index >= 15 is 0 Å². The molecule has 3 amide bonds. The summed E-state index contributed by atoms with van der Waals surface area (Å²) in [5.74, 6) is 0.871. The minimum atomic E-state index is -0.198. The average Bonchev–Trinajstić information content (AvgIpc) is 3.25. The number of methoxy groups -OCH3 is 2. The lowest BCUT2D eigenvalue weighted by atomic mass is 10.1. The molecular formula is C22H25ClN4O4. The molecule has 0 saturated carbocycles. The van der Waals surface area contributed by atoms with Gasteiger partial charge in [0, 0.05) is 37.3 Å². The number of rotatable bonds is 6. The molecule has 0 atom stereocenters. The molecule has 2 aromatic carbocycles. The molecule has 0 bridgehead atoms. The molecule has 164 valence electrons. The number of nitrogens with one attached hydrogen (secondary N) is 1. The van der Waals surface area contributed by atoms with Gasteiger partial charge in [-0.2, -0.15) is 5.10 Å². The van der Waals surface area contributed by atoms with E-state index in [4.69, 9.17) is 21.1 Å². The monoisotopic (exact) mass is 444 g/mol. The zero-order valence-corrected chi connectivity index (χ0v) is 18.7. The number of anilines is 1. The predicted octanol–water partition coefficient (Wildman–Crippen LogP) is 3.63. The van der Waals surface area contributed by atoms with Gasteiger partial charge in [-0.15, -0.1) is 0 Å². The number of nitrogens with zero attached hydrogens (tertiary/aromatic N) is 3. The Morgan fingerprint density at radius 2 is 1.77 bits per heavy atom. The molecule has 1 aliphatic heterocycles. The molecule has 3 rings (SSSR count). The summed E-state index contributed by atoms with van der Waals surface area (Å²) >= 11 is 6.31. The van der Waals surface area contributed by atoms with Gasteiger partial charge in [-0.25, -0.2) is 9.80 Å². The molecule has 0 spiro atoms. The van der Waals surface area contributed by atoms with Gasteiger partial charge < -0.3 is 19.7 Å². The van der Waals surface area contributed by atoms with Crippen LogP contribution in [0.25, 0.3) is 0 Å². The third-order valence-corrected chi connectivity index (χ3v) is 5.21. The quantitative estimate of drug-likeness (QED) is 0.737. The van der Waals surface area contributed by atoms with Gasteiger partial charge >= 0.3 is 6.03 Å². The molecule has 0 aliphatic carbocycles. The first kappa shape index (κ1) is 22.4. The fourth-order valence-electron chi connectivity index (χ4n) is 3.11. The Morgan fingerprint density at radius 3 is 2.39 bits per heavy atom. The predicted molar refractivity (Wildman–Crippen MR) is 120 cm³/mol. The number of halogens is 1. The van der Waals surface area contributed by atoms with E-state index in [0.717, 1.165) is 11.3 Å². The number of benzene rings is 2. The van der Waals surface area contributed by atoms with Crippen molar-refractivity contribution in [3.63, 3.8) is 0 Å². The zero-order chi connectivity index (χ0) is 22.5. The van der Waals surface area contributed by atoms with Crippen LogP contribution in [0.4, 0.5) is 10.5 Å². The Labute approximate surface area is 186 Å². The lowest BCUT2D eigenvalue weighted by Gasteiger charge is -2.14. The molecular weight excluding hydrogens is 420 g/mol. The number of hydrogen-bond acceptors (Lipinski definition) is 5. The summed E-state index contributed by atoms with van der Waals surface area (Å²) in [6, 6.07) is 10.5. The van der Waals surface area contributed by atoms with E-state index in [-0.39, 0.29) is 18.4 Å². The second-order valence-electron chi connectivity index (χ2n) is 7.19. The van der Waals surface area contributed by atoms with Gasteiger partial charge in [0.05, 0.1) is 32.9 Å². The summed E-state index contributed by atoms with van der Waals surface area (Å²) in [5, 5.41) is 9.17. The third kappa shape index (κ3) is 5.27. The Hall–Kier alpha value is -3.26. The molecule has 8 nitrogen and oxygen atoms in total. The number of urea groups is 1. The highest BCUT2D eigenvalue weighted by Crippen LogP contribution is 2.33. The van der Waals surface area contributed by atoms with Gasteiger partial charge in [0.15, 0.2) is 11.5 Å². The van der Waals surface area contributed by atoms with Crippen molar-refractivity contribution in [2.75, 3.05) is 40.2 Å². The number of amides is 3. The summed E-state index contributed by atoms with van der Waals surface area (Å²) in [4.78, 5) is 26.0. The fraction of sp³-hybridized carbons (Fsp3) is 0.318. The van der Waals surface area contributed by atoms with Crippen molar-refractivity contribution >= 4 is 34.9 Å². The van der Waals surface area contributed by atoms with Gasteiger partial charge in [0.25, 0.3) is 0 Å². The van der Waals surface area contributed by atoms with Crippen molar-refractivity contribution in [2.45, 2.75) is 12.8 Å². The molecule has 1 heterocycles. The van der Waals surface area contributed by atoms with Crippen LogP contribution in [0.3, 0.4) is 0 Å². The van der Waals surface area contributed by atoms with E-state index in [9.17, 15) is 9.59 Å². The SMILES string of the molecule is COc1cc(Cl)c(CC(=O)N2CCC(c3ccc(NC(=O)N(C)C)cc3)=N2)cc1OC. The van der Waals surface area contributed by atoms with Gasteiger partial charge in [-0.1, -0.05) is 23.7 Å². The Kier molecular flexibility index (Phi) is 7.02. The molecule has 0 radical (unpaired) electrons. The molecule has 9 heteroatoms. The van der Waals surface area contributed by atoms with E-state index in [2.05, 4.69) is 10.4 Å². The maximum atomic E-state index is 12.8. The number of carbonyl (C=O) groups is 2. The van der Waals surface area contributed by atoms with E-state index in [1.165, 1.54) is 24.1 Å². The van der Waals surface area contributed by atoms with Gasteiger partial charge in [-0.3, -0.25) is 4.79 Å². The van der Waals surface area contributed by atoms with Crippen LogP contribution < -0.4 is 14.8 Å². The summed E-state index contributed by atoms with van der Waals surface area (Å²) in [5.41, 5.74) is 3.06. The number of hydrogen-bond donors (Lipinski definition) is 1. The van der Waals surface area contributed by atoms with Crippen LogP contribution >= 0.6 is 11.6 Å². The van der Waals surface area contributed by atoms with Crippen LogP contribution in [-0.4, -0.2) is 62.4 Å². The van der Waals surface area contributed by atoms with E-state index in [1.807, 2.05) is 24.3 Å². The molecule has 1 aliphatic rings. The van der Waals surface area contributed by atoms with E-state index in [1.54, 1.807) is 26.2 Å². The first-order chi connectivity index (χ1) is 14.8. The molecule has 0 unspecified atom stereocenters. The van der Waals surface area contributed by atoms with Crippen molar-refractivity contribution in [1.82, 2.24) is 9.91 Å². The Bertz CT molecular complexity index is 1010. The molecule has 0 saturated heterocycles. The molecule has 2 aromatic rings. The lowest BCUT2D eigenvalue weighted by Crippen LogP contribution is -2.27. The number of hydrazone groups is 1. The van der Waals surface area contributed by atoms with Gasteiger partial charge in [0.2, 0.25) is 5.91 Å². The van der Waals surface area contributed by atoms with Crippen LogP contribution in [0.1, 0.15) is 17.5 Å². The van der Waals surface area contributed by atoms with Crippen LogP contribution in [0.2, 0.25) is 5.02 Å². The maximum Gasteiger partial charge on any atom is 0.321 e.